The topological polar surface area (TPSA) is 73.5 Å². The molecule has 130 valence electrons. The third-order valence-corrected chi connectivity index (χ3v) is 4.15. The first-order valence-electron chi connectivity index (χ1n) is 8.05. The molecule has 0 atom stereocenters. The molecule has 0 aliphatic heterocycles. The lowest BCUT2D eigenvalue weighted by molar-refractivity contribution is -0.121. The molecule has 3 rings (SSSR count). The summed E-state index contributed by atoms with van der Waals surface area (Å²) in [7, 11) is 3.29. The maximum atomic E-state index is 12.0. The molecule has 0 saturated heterocycles. The predicted molar refractivity (Wildman–Crippen MR) is 94.6 cm³/mol. The molecular formula is C19H20N2O4. The average Bonchev–Trinajstić information content (AvgIpc) is 2.92. The Morgan fingerprint density at radius 2 is 1.88 bits per heavy atom. The zero-order chi connectivity index (χ0) is 17.8. The van der Waals surface area contributed by atoms with Crippen molar-refractivity contribution < 1.29 is 13.9 Å². The number of carbonyl (C=O) groups excluding carboxylic acids is 1. The van der Waals surface area contributed by atoms with E-state index >= 15 is 0 Å². The third kappa shape index (κ3) is 3.91. The molecule has 0 aliphatic rings. The number of ether oxygens (including phenoxy) is 1. The van der Waals surface area contributed by atoms with Crippen molar-refractivity contribution in [3.63, 3.8) is 0 Å². The highest BCUT2D eigenvalue weighted by molar-refractivity contribution is 5.77. The predicted octanol–water partition coefficient (Wildman–Crippen LogP) is 2.39. The minimum atomic E-state index is -0.385. The number of oxazole rings is 1. The summed E-state index contributed by atoms with van der Waals surface area (Å²) in [5.74, 6) is 0.389. The van der Waals surface area contributed by atoms with Crippen LogP contribution in [0, 0.1) is 0 Å². The molecule has 1 N–H and O–H groups in total. The molecule has 0 spiro atoms. The number of fused-ring (bicyclic) bond motifs is 1. The Morgan fingerprint density at radius 1 is 1.16 bits per heavy atom. The molecule has 0 aliphatic carbocycles. The first-order valence-corrected chi connectivity index (χ1v) is 8.05. The van der Waals surface area contributed by atoms with Gasteiger partial charge in [-0.3, -0.25) is 9.36 Å². The second-order valence-electron chi connectivity index (χ2n) is 5.85. The largest absolute Gasteiger partial charge is 0.497 e. The van der Waals surface area contributed by atoms with Crippen molar-refractivity contribution in [2.24, 2.45) is 7.05 Å². The van der Waals surface area contributed by atoms with Crippen LogP contribution in [0.3, 0.4) is 0 Å². The Labute approximate surface area is 145 Å². The van der Waals surface area contributed by atoms with Gasteiger partial charge in [0.25, 0.3) is 0 Å². The number of nitrogens with one attached hydrogen (secondary N) is 1. The Balaban J connectivity index is 1.54. The van der Waals surface area contributed by atoms with Gasteiger partial charge in [-0.25, -0.2) is 4.79 Å². The number of nitrogens with zero attached hydrogens (tertiary/aromatic N) is 1. The van der Waals surface area contributed by atoms with Gasteiger partial charge in [-0.15, -0.1) is 0 Å². The minimum absolute atomic E-state index is 0.0167. The first kappa shape index (κ1) is 16.8. The molecule has 2 aromatic carbocycles. The fourth-order valence-electron chi connectivity index (χ4n) is 2.62. The van der Waals surface area contributed by atoms with Crippen LogP contribution in [-0.2, 0) is 24.8 Å². The van der Waals surface area contributed by atoms with Gasteiger partial charge in [-0.1, -0.05) is 18.2 Å². The van der Waals surface area contributed by atoms with Crippen LogP contribution in [0.1, 0.15) is 17.5 Å². The molecular weight excluding hydrogens is 320 g/mol. The van der Waals surface area contributed by atoms with Crippen LogP contribution in [0.2, 0.25) is 0 Å². The Hall–Kier alpha value is -3.02. The molecule has 0 fully saturated rings. The number of aryl methyl sites for hydroxylation is 2. The number of carbonyl (C=O) groups is 1. The lowest BCUT2D eigenvalue weighted by atomic mass is 10.1. The van der Waals surface area contributed by atoms with Crippen molar-refractivity contribution in [3.05, 3.63) is 64.1 Å². The number of aromatic nitrogens is 1. The lowest BCUT2D eigenvalue weighted by Gasteiger charge is -2.07. The van der Waals surface area contributed by atoms with Gasteiger partial charge in [0.05, 0.1) is 12.6 Å². The number of benzene rings is 2. The molecule has 0 unspecified atom stereocenters. The fourth-order valence-corrected chi connectivity index (χ4v) is 2.62. The van der Waals surface area contributed by atoms with Gasteiger partial charge in [0, 0.05) is 20.0 Å². The SMILES string of the molecule is COc1ccc(CNC(=O)CCc2ccc3oc(=O)n(C)c3c2)cc1. The maximum Gasteiger partial charge on any atom is 0.419 e. The second-order valence-corrected chi connectivity index (χ2v) is 5.85. The van der Waals surface area contributed by atoms with E-state index in [2.05, 4.69) is 5.32 Å². The standard InChI is InChI=1S/C19H20N2O4/c1-21-16-11-13(5-9-17(16)25-19(21)23)6-10-18(22)20-12-14-3-7-15(24-2)8-4-14/h3-5,7-9,11H,6,10,12H2,1-2H3,(H,20,22). The molecule has 6 heteroatoms. The normalized spacial score (nSPS) is 10.8. The summed E-state index contributed by atoms with van der Waals surface area (Å²) in [5.41, 5.74) is 3.30. The van der Waals surface area contributed by atoms with E-state index < -0.39 is 0 Å². The highest BCUT2D eigenvalue weighted by Crippen LogP contribution is 2.15. The summed E-state index contributed by atoms with van der Waals surface area (Å²) in [6, 6.07) is 13.1. The Morgan fingerprint density at radius 3 is 2.60 bits per heavy atom. The minimum Gasteiger partial charge on any atom is -0.497 e. The summed E-state index contributed by atoms with van der Waals surface area (Å²) in [6.45, 7) is 0.484. The maximum absolute atomic E-state index is 12.0. The van der Waals surface area contributed by atoms with Crippen molar-refractivity contribution in [2.45, 2.75) is 19.4 Å². The van der Waals surface area contributed by atoms with E-state index in [4.69, 9.17) is 9.15 Å². The van der Waals surface area contributed by atoms with Gasteiger partial charge < -0.3 is 14.5 Å². The molecule has 3 aromatic rings. The summed E-state index contributed by atoms with van der Waals surface area (Å²) in [5, 5.41) is 2.91. The van der Waals surface area contributed by atoms with Gasteiger partial charge in [-0.2, -0.15) is 0 Å². The monoisotopic (exact) mass is 340 g/mol. The van der Waals surface area contributed by atoms with Crippen molar-refractivity contribution in [2.75, 3.05) is 7.11 Å². The molecule has 0 bridgehead atoms. The number of hydrogen-bond acceptors (Lipinski definition) is 4. The molecule has 25 heavy (non-hydrogen) atoms. The zero-order valence-electron chi connectivity index (χ0n) is 14.2. The van der Waals surface area contributed by atoms with Gasteiger partial charge in [0.1, 0.15) is 5.75 Å². The van der Waals surface area contributed by atoms with E-state index in [9.17, 15) is 9.59 Å². The van der Waals surface area contributed by atoms with E-state index in [1.54, 1.807) is 20.2 Å². The van der Waals surface area contributed by atoms with Crippen molar-refractivity contribution in [1.29, 1.82) is 0 Å². The Bertz CT molecular complexity index is 938. The summed E-state index contributed by atoms with van der Waals surface area (Å²) in [4.78, 5) is 23.5. The van der Waals surface area contributed by atoms with E-state index in [0.717, 1.165) is 22.4 Å². The van der Waals surface area contributed by atoms with Gasteiger partial charge in [0.15, 0.2) is 5.58 Å². The third-order valence-electron chi connectivity index (χ3n) is 4.15. The number of rotatable bonds is 6. The molecule has 6 nitrogen and oxygen atoms in total. The van der Waals surface area contributed by atoms with E-state index in [1.807, 2.05) is 36.4 Å². The number of hydrogen-bond donors (Lipinski definition) is 1. The van der Waals surface area contributed by atoms with Crippen molar-refractivity contribution in [3.8, 4) is 5.75 Å². The van der Waals surface area contributed by atoms with Crippen LogP contribution in [0.4, 0.5) is 0 Å². The molecule has 0 radical (unpaired) electrons. The zero-order valence-corrected chi connectivity index (χ0v) is 14.2. The average molecular weight is 340 g/mol. The van der Waals surface area contributed by atoms with Gasteiger partial charge >= 0.3 is 5.76 Å². The van der Waals surface area contributed by atoms with Gasteiger partial charge in [0.2, 0.25) is 5.91 Å². The number of methoxy groups -OCH3 is 1. The van der Waals surface area contributed by atoms with E-state index in [0.29, 0.717) is 25.0 Å². The van der Waals surface area contributed by atoms with Crippen LogP contribution in [0.5, 0.6) is 5.75 Å². The fraction of sp³-hybridized carbons (Fsp3) is 0.263. The van der Waals surface area contributed by atoms with Crippen LogP contribution in [0.15, 0.2) is 51.7 Å². The summed E-state index contributed by atoms with van der Waals surface area (Å²) >= 11 is 0. The first-order chi connectivity index (χ1) is 12.1. The van der Waals surface area contributed by atoms with E-state index in [1.165, 1.54) is 4.57 Å². The van der Waals surface area contributed by atoms with Crippen LogP contribution < -0.4 is 15.8 Å². The van der Waals surface area contributed by atoms with Crippen LogP contribution in [-0.4, -0.2) is 17.6 Å². The molecule has 0 saturated carbocycles. The highest BCUT2D eigenvalue weighted by atomic mass is 16.5. The molecule has 1 heterocycles. The lowest BCUT2D eigenvalue weighted by Crippen LogP contribution is -2.22. The van der Waals surface area contributed by atoms with Crippen molar-refractivity contribution in [1.82, 2.24) is 9.88 Å². The van der Waals surface area contributed by atoms with Crippen LogP contribution >= 0.6 is 0 Å². The quantitative estimate of drug-likeness (QED) is 0.748. The number of amides is 1. The summed E-state index contributed by atoms with van der Waals surface area (Å²) < 4.78 is 11.7. The summed E-state index contributed by atoms with van der Waals surface area (Å²) in [6.07, 6.45) is 0.983. The molecule has 1 aromatic heterocycles. The van der Waals surface area contributed by atoms with Crippen LogP contribution in [0.25, 0.3) is 11.1 Å². The Kier molecular flexibility index (Phi) is 4.88. The highest BCUT2D eigenvalue weighted by Gasteiger charge is 2.08. The smallest absolute Gasteiger partial charge is 0.419 e. The second kappa shape index (κ2) is 7.25. The molecule has 1 amide bonds. The van der Waals surface area contributed by atoms with Crippen molar-refractivity contribution >= 4 is 17.0 Å². The van der Waals surface area contributed by atoms with E-state index in [-0.39, 0.29) is 11.7 Å². The van der Waals surface area contributed by atoms with Gasteiger partial charge in [-0.05, 0) is 41.8 Å².